The monoisotopic (exact) mass is 515 g/mol. The molecule has 1 fully saturated rings. The lowest BCUT2D eigenvalue weighted by molar-refractivity contribution is -0.138. The predicted octanol–water partition coefficient (Wildman–Crippen LogP) is 4.72. The van der Waals surface area contributed by atoms with Gasteiger partial charge in [0.25, 0.3) is 0 Å². The van der Waals surface area contributed by atoms with Crippen molar-refractivity contribution < 1.29 is 22.7 Å². The van der Waals surface area contributed by atoms with Gasteiger partial charge < -0.3 is 25.6 Å². The molecule has 0 radical (unpaired) electrons. The summed E-state index contributed by atoms with van der Waals surface area (Å²) >= 11 is 0. The van der Waals surface area contributed by atoms with E-state index in [0.29, 0.717) is 36.2 Å². The number of nitrogens with zero attached hydrogens (tertiary/aromatic N) is 4. The summed E-state index contributed by atoms with van der Waals surface area (Å²) in [6.07, 6.45) is -3.17. The number of hydrogen-bond donors (Lipinski definition) is 3. The number of halogens is 3. The van der Waals surface area contributed by atoms with Crippen molar-refractivity contribution in [3.63, 3.8) is 0 Å². The molecule has 12 heteroatoms. The van der Waals surface area contributed by atoms with Crippen LogP contribution < -0.4 is 20.7 Å². The fraction of sp³-hybridized carbons (Fsp3) is 0.320. The van der Waals surface area contributed by atoms with Gasteiger partial charge >= 0.3 is 12.2 Å². The molecule has 1 saturated heterocycles. The van der Waals surface area contributed by atoms with Gasteiger partial charge in [-0.3, -0.25) is 4.90 Å². The highest BCUT2D eigenvalue weighted by Crippen LogP contribution is 2.34. The minimum atomic E-state index is -4.54. The molecule has 0 spiro atoms. The van der Waals surface area contributed by atoms with Crippen molar-refractivity contribution in [1.82, 2.24) is 19.8 Å². The predicted molar refractivity (Wildman–Crippen MR) is 135 cm³/mol. The zero-order valence-corrected chi connectivity index (χ0v) is 20.5. The topological polar surface area (TPSA) is 94.6 Å². The molecule has 1 aliphatic heterocycles. The normalized spacial score (nSPS) is 14.7. The summed E-state index contributed by atoms with van der Waals surface area (Å²) < 4.78 is 47.0. The van der Waals surface area contributed by atoms with E-state index < -0.39 is 17.8 Å². The molecule has 1 aromatic heterocycles. The molecule has 2 amide bonds. The Hall–Kier alpha value is -3.90. The fourth-order valence-electron chi connectivity index (χ4n) is 3.86. The van der Waals surface area contributed by atoms with Crippen LogP contribution in [0.15, 0.2) is 54.9 Å². The molecule has 3 N–H and O–H groups in total. The Balaban J connectivity index is 1.37. The maximum Gasteiger partial charge on any atom is 0.416 e. The van der Waals surface area contributed by atoms with E-state index >= 15 is 0 Å². The third-order valence-electron chi connectivity index (χ3n) is 5.90. The number of rotatable bonds is 7. The maximum atomic E-state index is 13.8. The summed E-state index contributed by atoms with van der Waals surface area (Å²) in [6.45, 7) is 3.24. The van der Waals surface area contributed by atoms with Crippen molar-refractivity contribution in [3.8, 4) is 11.6 Å². The molecule has 0 unspecified atom stereocenters. The summed E-state index contributed by atoms with van der Waals surface area (Å²) in [7, 11) is 3.72. The highest BCUT2D eigenvalue weighted by Gasteiger charge is 2.34. The Morgan fingerprint density at radius 1 is 0.973 bits per heavy atom. The summed E-state index contributed by atoms with van der Waals surface area (Å²) in [4.78, 5) is 24.6. The lowest BCUT2D eigenvalue weighted by atomic mass is 10.0. The first-order chi connectivity index (χ1) is 17.7. The van der Waals surface area contributed by atoms with Crippen molar-refractivity contribution in [2.75, 3.05) is 56.2 Å². The zero-order chi connectivity index (χ0) is 26.4. The Bertz CT molecular complexity index is 1210. The summed E-state index contributed by atoms with van der Waals surface area (Å²) in [6, 6.07) is 11.3. The first-order valence-corrected chi connectivity index (χ1v) is 11.7. The van der Waals surface area contributed by atoms with Gasteiger partial charge in [-0.2, -0.15) is 13.2 Å². The average Bonchev–Trinajstić information content (AvgIpc) is 2.87. The summed E-state index contributed by atoms with van der Waals surface area (Å²) in [5, 5.41) is 7.97. The second kappa shape index (κ2) is 11.4. The molecule has 0 atom stereocenters. The van der Waals surface area contributed by atoms with Crippen LogP contribution in [0.2, 0.25) is 0 Å². The molecular formula is C25H28F3N7O2. The number of hydrogen-bond acceptors (Lipinski definition) is 7. The lowest BCUT2D eigenvalue weighted by Crippen LogP contribution is -2.44. The number of nitrogens with one attached hydrogen (secondary N) is 3. The minimum Gasteiger partial charge on any atom is -0.439 e. The second-order valence-corrected chi connectivity index (χ2v) is 8.65. The summed E-state index contributed by atoms with van der Waals surface area (Å²) in [5.41, 5.74) is -0.0804. The van der Waals surface area contributed by atoms with Crippen LogP contribution in [0, 0.1) is 0 Å². The number of likely N-dealkylation sites (N-methyl/N-ethyl adjacent to an activating group) is 1. The third kappa shape index (κ3) is 7.30. The van der Waals surface area contributed by atoms with E-state index in [0.717, 1.165) is 19.2 Å². The van der Waals surface area contributed by atoms with Gasteiger partial charge in [-0.1, -0.05) is 6.07 Å². The van der Waals surface area contributed by atoms with Gasteiger partial charge in [-0.15, -0.1) is 0 Å². The molecule has 196 valence electrons. The van der Waals surface area contributed by atoms with Crippen LogP contribution in [0.4, 0.5) is 35.2 Å². The molecule has 4 rings (SSSR count). The Morgan fingerprint density at radius 2 is 1.65 bits per heavy atom. The molecule has 9 nitrogen and oxygen atoms in total. The largest absolute Gasteiger partial charge is 0.439 e. The van der Waals surface area contributed by atoms with Gasteiger partial charge in [0.2, 0.25) is 5.88 Å². The number of aromatic nitrogens is 2. The van der Waals surface area contributed by atoms with E-state index in [-0.39, 0.29) is 17.8 Å². The van der Waals surface area contributed by atoms with Gasteiger partial charge in [0, 0.05) is 57.2 Å². The first-order valence-electron chi connectivity index (χ1n) is 11.7. The van der Waals surface area contributed by atoms with Gasteiger partial charge in [-0.05, 0) is 49.0 Å². The van der Waals surface area contributed by atoms with E-state index in [1.807, 2.05) is 11.9 Å². The third-order valence-corrected chi connectivity index (χ3v) is 5.90. The number of carbonyl (C=O) groups excluding carboxylic acids is 1. The van der Waals surface area contributed by atoms with Crippen LogP contribution in [0.3, 0.4) is 0 Å². The molecule has 0 saturated carbocycles. The molecule has 0 aliphatic carbocycles. The van der Waals surface area contributed by atoms with E-state index in [4.69, 9.17) is 4.74 Å². The van der Waals surface area contributed by atoms with E-state index in [9.17, 15) is 18.0 Å². The van der Waals surface area contributed by atoms with Crippen molar-refractivity contribution in [1.29, 1.82) is 0 Å². The molecule has 0 bridgehead atoms. The van der Waals surface area contributed by atoms with Crippen LogP contribution in [0.5, 0.6) is 11.6 Å². The Labute approximate surface area is 212 Å². The second-order valence-electron chi connectivity index (χ2n) is 8.65. The quantitative estimate of drug-likeness (QED) is 0.419. The number of piperazine rings is 1. The number of benzene rings is 2. The van der Waals surface area contributed by atoms with Gasteiger partial charge in [-0.25, -0.2) is 14.8 Å². The smallest absolute Gasteiger partial charge is 0.416 e. The number of amides is 2. The van der Waals surface area contributed by atoms with E-state index in [1.165, 1.54) is 18.5 Å². The highest BCUT2D eigenvalue weighted by molar-refractivity contribution is 5.99. The number of alkyl halides is 3. The lowest BCUT2D eigenvalue weighted by Gasteiger charge is -2.33. The summed E-state index contributed by atoms with van der Waals surface area (Å²) in [5.74, 6) is 1.42. The van der Waals surface area contributed by atoms with Crippen molar-refractivity contribution in [2.24, 2.45) is 0 Å². The average molecular weight is 516 g/mol. The van der Waals surface area contributed by atoms with E-state index in [2.05, 4.69) is 30.8 Å². The van der Waals surface area contributed by atoms with Crippen LogP contribution in [-0.2, 0) is 12.7 Å². The van der Waals surface area contributed by atoms with Gasteiger partial charge in [0.1, 0.15) is 17.9 Å². The first kappa shape index (κ1) is 26.2. The minimum absolute atomic E-state index is 0.0519. The van der Waals surface area contributed by atoms with Gasteiger partial charge in [0.05, 0.1) is 5.56 Å². The van der Waals surface area contributed by atoms with E-state index in [1.54, 1.807) is 37.4 Å². The Morgan fingerprint density at radius 3 is 2.32 bits per heavy atom. The number of urea groups is 1. The van der Waals surface area contributed by atoms with Crippen molar-refractivity contribution >= 4 is 23.2 Å². The molecular weight excluding hydrogens is 487 g/mol. The van der Waals surface area contributed by atoms with Crippen molar-refractivity contribution in [2.45, 2.75) is 12.7 Å². The standard InChI is InChI=1S/C25H28F3N7O2/c1-29-22-14-23(31-16-30-22)37-20-7-5-18(6-8-20)32-24(36)33-19-4-3-17(21(13-19)25(26,27)28)15-35-11-9-34(2)10-12-35/h3-8,13-14,16H,9-12,15H2,1-2H3,(H,29,30,31)(H2,32,33,36). The maximum absolute atomic E-state index is 13.8. The SMILES string of the molecule is CNc1cc(Oc2ccc(NC(=O)Nc3ccc(CN4CCN(C)CC4)c(C(F)(F)F)c3)cc2)ncn1. The number of anilines is 3. The molecule has 3 aromatic rings. The molecule has 2 heterocycles. The van der Waals surface area contributed by atoms with Crippen LogP contribution in [0.1, 0.15) is 11.1 Å². The Kier molecular flexibility index (Phi) is 8.09. The highest BCUT2D eigenvalue weighted by atomic mass is 19.4. The van der Waals surface area contributed by atoms with Crippen molar-refractivity contribution in [3.05, 3.63) is 66.0 Å². The fourth-order valence-corrected chi connectivity index (χ4v) is 3.86. The zero-order valence-electron chi connectivity index (χ0n) is 20.5. The molecule has 2 aromatic carbocycles. The molecule has 1 aliphatic rings. The van der Waals surface area contributed by atoms with Crippen LogP contribution >= 0.6 is 0 Å². The van der Waals surface area contributed by atoms with Crippen LogP contribution in [0.25, 0.3) is 0 Å². The number of carbonyl (C=O) groups is 1. The molecule has 37 heavy (non-hydrogen) atoms. The van der Waals surface area contributed by atoms with Gasteiger partial charge in [0.15, 0.2) is 0 Å². The number of ether oxygens (including phenoxy) is 1. The van der Waals surface area contributed by atoms with Crippen LogP contribution in [-0.4, -0.2) is 66.1 Å².